The summed E-state index contributed by atoms with van der Waals surface area (Å²) in [7, 11) is 0. The molecular formula is C28H23Cl2FN6O2S2. The quantitative estimate of drug-likeness (QED) is 0.290. The third-order valence-corrected chi connectivity index (χ3v) is 9.32. The maximum atomic E-state index is 13.9. The van der Waals surface area contributed by atoms with Crippen LogP contribution >= 0.6 is 46.3 Å². The van der Waals surface area contributed by atoms with Crippen LogP contribution in [0.5, 0.6) is 0 Å². The van der Waals surface area contributed by atoms with Gasteiger partial charge in [0, 0.05) is 27.7 Å². The van der Waals surface area contributed by atoms with Crippen molar-refractivity contribution in [3.8, 4) is 6.07 Å². The van der Waals surface area contributed by atoms with E-state index < -0.39 is 17.6 Å². The third kappa shape index (κ3) is 5.83. The Morgan fingerprint density at radius 1 is 1.27 bits per heavy atom. The van der Waals surface area contributed by atoms with Crippen LogP contribution in [-0.2, 0) is 9.59 Å². The van der Waals surface area contributed by atoms with Crippen LogP contribution in [0.1, 0.15) is 38.2 Å². The lowest BCUT2D eigenvalue weighted by molar-refractivity contribution is -0.118. The smallest absolute Gasteiger partial charge is 0.234 e. The number of halogens is 3. The van der Waals surface area contributed by atoms with Crippen molar-refractivity contribution >= 4 is 68.8 Å². The Morgan fingerprint density at radius 2 is 2.02 bits per heavy atom. The van der Waals surface area contributed by atoms with E-state index in [1.165, 1.54) is 29.5 Å². The lowest BCUT2D eigenvalue weighted by Crippen LogP contribution is -2.42. The second-order valence-electron chi connectivity index (χ2n) is 10.3. The third-order valence-electron chi connectivity index (χ3n) is 6.72. The van der Waals surface area contributed by atoms with Crippen molar-refractivity contribution in [2.24, 2.45) is 11.1 Å². The van der Waals surface area contributed by atoms with Crippen LogP contribution < -0.4 is 16.0 Å². The molecule has 3 aromatic rings. The maximum absolute atomic E-state index is 13.9. The summed E-state index contributed by atoms with van der Waals surface area (Å²) >= 11 is 15.0. The fourth-order valence-corrected chi connectivity index (χ4v) is 7.20. The molecule has 3 N–H and O–H groups in total. The zero-order valence-corrected chi connectivity index (χ0v) is 25.0. The molecule has 8 nitrogen and oxygen atoms in total. The number of allylic oxidation sites excluding steroid dienone is 3. The summed E-state index contributed by atoms with van der Waals surface area (Å²) in [5.74, 6) is -1.72. The SMILES string of the molecule is CC1(C)CC(=O)C2=C(C1)N(c1nnc(SCC(=O)Nc3ccccc3F)s1)C(N)=C(C#N)C2c1ccc(Cl)cc1Cl. The van der Waals surface area contributed by atoms with Gasteiger partial charge in [-0.1, -0.05) is 78.3 Å². The monoisotopic (exact) mass is 628 g/mol. The number of ketones is 1. The number of nitrogens with two attached hydrogens (primary N) is 1. The molecule has 5 rings (SSSR count). The van der Waals surface area contributed by atoms with Gasteiger partial charge in [0.1, 0.15) is 11.6 Å². The van der Waals surface area contributed by atoms with E-state index in [0.29, 0.717) is 42.8 Å². The van der Waals surface area contributed by atoms with Crippen molar-refractivity contribution in [2.75, 3.05) is 16.0 Å². The summed E-state index contributed by atoms with van der Waals surface area (Å²) in [6.45, 7) is 3.98. The van der Waals surface area contributed by atoms with Gasteiger partial charge in [0.25, 0.3) is 0 Å². The van der Waals surface area contributed by atoms with Crippen LogP contribution in [0.25, 0.3) is 0 Å². The van der Waals surface area contributed by atoms with Crippen LogP contribution in [0, 0.1) is 22.6 Å². The number of Topliss-reactive ketones (excluding diaryl/α,β-unsaturated/α-hetero) is 1. The number of rotatable bonds is 6. The fourth-order valence-electron chi connectivity index (χ4n) is 5.00. The summed E-state index contributed by atoms with van der Waals surface area (Å²) in [6, 6.07) is 13.0. The standard InChI is InChI=1S/C28H23Cl2FN6O2S2/c1-28(2)10-20-24(21(38)11-28)23(15-8-7-14(29)9-17(15)30)16(12-32)25(33)37(20)26-35-36-27(41-26)40-13-22(39)34-19-6-4-3-5-18(19)31/h3-9,23H,10-11,13,33H2,1-2H3,(H,34,39). The number of aromatic nitrogens is 2. The molecule has 1 aromatic heterocycles. The predicted molar refractivity (Wildman–Crippen MR) is 159 cm³/mol. The highest BCUT2D eigenvalue weighted by Gasteiger charge is 2.46. The van der Waals surface area contributed by atoms with Gasteiger partial charge in [-0.15, -0.1) is 10.2 Å². The summed E-state index contributed by atoms with van der Waals surface area (Å²) in [5, 5.41) is 22.4. The zero-order valence-electron chi connectivity index (χ0n) is 21.9. The minimum atomic E-state index is -0.761. The van der Waals surface area contributed by atoms with Gasteiger partial charge in [-0.25, -0.2) is 4.39 Å². The molecule has 2 aliphatic rings. The number of nitrogens with one attached hydrogen (secondary N) is 1. The average molecular weight is 630 g/mol. The van der Waals surface area contributed by atoms with Crippen LogP contribution in [0.3, 0.4) is 0 Å². The van der Waals surface area contributed by atoms with Gasteiger partial charge in [0.2, 0.25) is 11.0 Å². The largest absolute Gasteiger partial charge is 0.384 e. The van der Waals surface area contributed by atoms with Gasteiger partial charge in [0.05, 0.1) is 29.0 Å². The summed E-state index contributed by atoms with van der Waals surface area (Å²) in [6.07, 6.45) is 0.774. The molecule has 1 atom stereocenters. The van der Waals surface area contributed by atoms with Gasteiger partial charge in [-0.3, -0.25) is 14.5 Å². The van der Waals surface area contributed by atoms with Crippen LogP contribution in [-0.4, -0.2) is 27.6 Å². The van der Waals surface area contributed by atoms with Gasteiger partial charge < -0.3 is 11.1 Å². The molecule has 210 valence electrons. The lowest BCUT2D eigenvalue weighted by Gasteiger charge is -2.42. The minimum absolute atomic E-state index is 0.0334. The Morgan fingerprint density at radius 3 is 2.73 bits per heavy atom. The molecule has 1 unspecified atom stereocenters. The van der Waals surface area contributed by atoms with Crippen molar-refractivity contribution in [2.45, 2.75) is 36.9 Å². The number of carbonyl (C=O) groups excluding carboxylic acids is 2. The Kier molecular flexibility index (Phi) is 8.12. The molecule has 0 saturated heterocycles. The number of amides is 1. The molecule has 1 amide bonds. The number of para-hydroxylation sites is 1. The highest BCUT2D eigenvalue weighted by Crippen LogP contribution is 2.51. The molecular weight excluding hydrogens is 606 g/mol. The highest BCUT2D eigenvalue weighted by molar-refractivity contribution is 8.01. The van der Waals surface area contributed by atoms with Gasteiger partial charge in [0.15, 0.2) is 10.1 Å². The maximum Gasteiger partial charge on any atom is 0.234 e. The summed E-state index contributed by atoms with van der Waals surface area (Å²) in [4.78, 5) is 27.7. The molecule has 0 spiro atoms. The molecule has 0 radical (unpaired) electrons. The Labute approximate surface area is 254 Å². The highest BCUT2D eigenvalue weighted by atomic mass is 35.5. The topological polar surface area (TPSA) is 125 Å². The van der Waals surface area contributed by atoms with E-state index in [0.717, 1.165) is 11.8 Å². The first kappa shape index (κ1) is 29.1. The number of nitrogens with zero attached hydrogens (tertiary/aromatic N) is 4. The van der Waals surface area contributed by atoms with Gasteiger partial charge in [-0.05, 0) is 41.7 Å². The second-order valence-corrected chi connectivity index (χ2v) is 13.3. The second kappa shape index (κ2) is 11.4. The first-order valence-corrected chi connectivity index (χ1v) is 15.0. The molecule has 2 aromatic carbocycles. The molecule has 41 heavy (non-hydrogen) atoms. The number of hydrogen-bond donors (Lipinski definition) is 2. The molecule has 1 aliphatic heterocycles. The van der Waals surface area contributed by atoms with Crippen molar-refractivity contribution < 1.29 is 14.0 Å². The first-order chi connectivity index (χ1) is 19.5. The van der Waals surface area contributed by atoms with E-state index in [-0.39, 0.29) is 40.5 Å². The normalized spacial score (nSPS) is 18.3. The summed E-state index contributed by atoms with van der Waals surface area (Å²) < 4.78 is 14.3. The molecule has 0 fully saturated rings. The molecule has 0 bridgehead atoms. The Balaban J connectivity index is 1.49. The van der Waals surface area contributed by atoms with E-state index in [1.807, 2.05) is 13.8 Å². The van der Waals surface area contributed by atoms with E-state index >= 15 is 0 Å². The van der Waals surface area contributed by atoms with E-state index in [4.69, 9.17) is 28.9 Å². The average Bonchev–Trinajstić information content (AvgIpc) is 3.36. The van der Waals surface area contributed by atoms with Crippen LogP contribution in [0.2, 0.25) is 10.0 Å². The summed E-state index contributed by atoms with van der Waals surface area (Å²) in [5.41, 5.74) is 8.15. The van der Waals surface area contributed by atoms with E-state index in [2.05, 4.69) is 21.6 Å². The Hall–Kier alpha value is -3.43. The fraction of sp³-hybridized carbons (Fsp3) is 0.250. The van der Waals surface area contributed by atoms with Crippen molar-refractivity contribution in [3.05, 3.63) is 86.6 Å². The molecule has 1 aliphatic carbocycles. The first-order valence-electron chi connectivity index (χ1n) is 12.4. The number of anilines is 2. The number of nitriles is 1. The minimum Gasteiger partial charge on any atom is -0.384 e. The van der Waals surface area contributed by atoms with Crippen molar-refractivity contribution in [3.63, 3.8) is 0 Å². The zero-order chi connectivity index (χ0) is 29.5. The van der Waals surface area contributed by atoms with Gasteiger partial charge >= 0.3 is 0 Å². The van der Waals surface area contributed by atoms with Gasteiger partial charge in [-0.2, -0.15) is 5.26 Å². The lowest BCUT2D eigenvalue weighted by atomic mass is 9.68. The van der Waals surface area contributed by atoms with E-state index in [9.17, 15) is 19.2 Å². The number of benzene rings is 2. The number of thioether (sulfide) groups is 1. The Bertz CT molecular complexity index is 1680. The van der Waals surface area contributed by atoms with E-state index in [1.54, 1.807) is 29.2 Å². The van der Waals surface area contributed by atoms with Crippen molar-refractivity contribution in [1.82, 2.24) is 10.2 Å². The molecule has 0 saturated carbocycles. The number of carbonyl (C=O) groups is 2. The van der Waals surface area contributed by atoms with Crippen LogP contribution in [0.15, 0.2) is 69.5 Å². The molecule has 13 heteroatoms. The number of hydrogen-bond acceptors (Lipinski definition) is 9. The predicted octanol–water partition coefficient (Wildman–Crippen LogP) is 6.66. The van der Waals surface area contributed by atoms with Crippen molar-refractivity contribution in [1.29, 1.82) is 5.26 Å². The molecule has 2 heterocycles. The van der Waals surface area contributed by atoms with Crippen LogP contribution in [0.4, 0.5) is 15.2 Å².